The molecular formula is C16H15BrN2S. The maximum absolute atomic E-state index is 4.62. The van der Waals surface area contributed by atoms with Crippen LogP contribution in [0.4, 0.5) is 0 Å². The molecule has 3 rings (SSSR count). The topological polar surface area (TPSA) is 24.9 Å². The number of aryl methyl sites for hydroxylation is 1. The van der Waals surface area contributed by atoms with Crippen molar-refractivity contribution in [2.24, 2.45) is 0 Å². The predicted molar refractivity (Wildman–Crippen MR) is 89.4 cm³/mol. The van der Waals surface area contributed by atoms with E-state index in [1.54, 1.807) is 11.3 Å². The van der Waals surface area contributed by atoms with E-state index in [0.29, 0.717) is 0 Å². The number of para-hydroxylation sites is 1. The summed E-state index contributed by atoms with van der Waals surface area (Å²) in [6, 6.07) is 10.7. The molecule has 1 atom stereocenters. The van der Waals surface area contributed by atoms with Gasteiger partial charge < -0.3 is 5.32 Å². The third-order valence-electron chi connectivity index (χ3n) is 3.43. The summed E-state index contributed by atoms with van der Waals surface area (Å²) in [6.45, 7) is 2.05. The molecule has 0 bridgehead atoms. The molecule has 4 heteroatoms. The van der Waals surface area contributed by atoms with E-state index in [-0.39, 0.29) is 6.04 Å². The highest BCUT2D eigenvalue weighted by Gasteiger charge is 2.18. The largest absolute Gasteiger partial charge is 0.309 e. The molecule has 0 aliphatic carbocycles. The van der Waals surface area contributed by atoms with Gasteiger partial charge in [-0.2, -0.15) is 11.3 Å². The second kappa shape index (κ2) is 5.64. The first-order valence-electron chi connectivity index (χ1n) is 6.46. The summed E-state index contributed by atoms with van der Waals surface area (Å²) >= 11 is 5.35. The van der Waals surface area contributed by atoms with Crippen LogP contribution in [0.5, 0.6) is 0 Å². The molecule has 0 fully saturated rings. The lowest BCUT2D eigenvalue weighted by atomic mass is 9.97. The SMILES string of the molecule is CNC(c1cscc1Br)c1cc(C)nc2ccccc12. The molecule has 0 aliphatic rings. The van der Waals surface area contributed by atoms with E-state index in [4.69, 9.17) is 0 Å². The van der Waals surface area contributed by atoms with Crippen LogP contribution in [0.2, 0.25) is 0 Å². The van der Waals surface area contributed by atoms with E-state index < -0.39 is 0 Å². The molecule has 0 spiro atoms. The zero-order chi connectivity index (χ0) is 14.1. The highest BCUT2D eigenvalue weighted by atomic mass is 79.9. The minimum Gasteiger partial charge on any atom is -0.309 e. The second-order valence-electron chi connectivity index (χ2n) is 4.77. The first-order chi connectivity index (χ1) is 9.70. The van der Waals surface area contributed by atoms with Gasteiger partial charge in [0.25, 0.3) is 0 Å². The molecule has 0 amide bonds. The van der Waals surface area contributed by atoms with Crippen molar-refractivity contribution in [2.45, 2.75) is 13.0 Å². The quantitative estimate of drug-likeness (QED) is 0.744. The fraction of sp³-hybridized carbons (Fsp3) is 0.188. The number of nitrogens with one attached hydrogen (secondary N) is 1. The second-order valence-corrected chi connectivity index (χ2v) is 6.36. The van der Waals surface area contributed by atoms with E-state index >= 15 is 0 Å². The Morgan fingerprint density at radius 2 is 2.00 bits per heavy atom. The van der Waals surface area contributed by atoms with Crippen LogP contribution in [0.3, 0.4) is 0 Å². The summed E-state index contributed by atoms with van der Waals surface area (Å²) in [5.74, 6) is 0. The molecule has 2 nitrogen and oxygen atoms in total. The number of pyridine rings is 1. The fourth-order valence-electron chi connectivity index (χ4n) is 2.56. The molecule has 20 heavy (non-hydrogen) atoms. The molecule has 102 valence electrons. The van der Waals surface area contributed by atoms with Crippen molar-refractivity contribution in [1.82, 2.24) is 10.3 Å². The lowest BCUT2D eigenvalue weighted by Gasteiger charge is -2.19. The van der Waals surface area contributed by atoms with Crippen LogP contribution in [0, 0.1) is 6.92 Å². The third kappa shape index (κ3) is 2.39. The van der Waals surface area contributed by atoms with Gasteiger partial charge in [0.2, 0.25) is 0 Å². The van der Waals surface area contributed by atoms with Crippen molar-refractivity contribution < 1.29 is 0 Å². The first kappa shape index (κ1) is 13.7. The molecule has 2 heterocycles. The van der Waals surface area contributed by atoms with Crippen molar-refractivity contribution in [3.8, 4) is 0 Å². The number of halogens is 1. The molecule has 3 aromatic rings. The smallest absolute Gasteiger partial charge is 0.0708 e. The van der Waals surface area contributed by atoms with Gasteiger partial charge in [0.1, 0.15) is 0 Å². The fourth-order valence-corrected chi connectivity index (χ4v) is 4.11. The van der Waals surface area contributed by atoms with Crippen LogP contribution in [-0.2, 0) is 0 Å². The molecular weight excluding hydrogens is 332 g/mol. The van der Waals surface area contributed by atoms with Crippen molar-refractivity contribution >= 4 is 38.2 Å². The summed E-state index contributed by atoms with van der Waals surface area (Å²) in [5.41, 5.74) is 4.64. The molecule has 1 aromatic carbocycles. The minimum absolute atomic E-state index is 0.169. The number of hydrogen-bond acceptors (Lipinski definition) is 3. The number of fused-ring (bicyclic) bond motifs is 1. The van der Waals surface area contributed by atoms with E-state index in [9.17, 15) is 0 Å². The van der Waals surface area contributed by atoms with Crippen LogP contribution < -0.4 is 5.32 Å². The normalized spacial score (nSPS) is 12.8. The van der Waals surface area contributed by atoms with Gasteiger partial charge in [0, 0.05) is 20.9 Å². The van der Waals surface area contributed by atoms with Crippen molar-refractivity contribution in [3.05, 3.63) is 62.4 Å². The van der Waals surface area contributed by atoms with Gasteiger partial charge in [-0.05, 0) is 58.5 Å². The van der Waals surface area contributed by atoms with E-state index in [0.717, 1.165) is 15.7 Å². The monoisotopic (exact) mass is 346 g/mol. The van der Waals surface area contributed by atoms with Gasteiger partial charge in [-0.25, -0.2) is 0 Å². The van der Waals surface area contributed by atoms with E-state index in [2.05, 4.69) is 61.3 Å². The Labute approximate surface area is 131 Å². The van der Waals surface area contributed by atoms with Crippen LogP contribution in [-0.4, -0.2) is 12.0 Å². The number of hydrogen-bond donors (Lipinski definition) is 1. The van der Waals surface area contributed by atoms with Crippen molar-refractivity contribution in [3.63, 3.8) is 0 Å². The molecule has 0 saturated carbocycles. The first-order valence-corrected chi connectivity index (χ1v) is 8.19. The Bertz CT molecular complexity index is 751. The maximum Gasteiger partial charge on any atom is 0.0708 e. The summed E-state index contributed by atoms with van der Waals surface area (Å²) < 4.78 is 1.15. The zero-order valence-corrected chi connectivity index (χ0v) is 13.8. The zero-order valence-electron chi connectivity index (χ0n) is 11.4. The summed E-state index contributed by atoms with van der Waals surface area (Å²) in [7, 11) is 2.00. The van der Waals surface area contributed by atoms with Crippen LogP contribution in [0.1, 0.15) is 22.9 Å². The van der Waals surface area contributed by atoms with Crippen LogP contribution in [0.15, 0.2) is 45.6 Å². The molecule has 1 N–H and O–H groups in total. The molecule has 2 aromatic heterocycles. The summed E-state index contributed by atoms with van der Waals surface area (Å²) in [5, 5.41) is 8.95. The Hall–Kier alpha value is -1.23. The highest BCUT2D eigenvalue weighted by Crippen LogP contribution is 2.34. The Morgan fingerprint density at radius 1 is 1.20 bits per heavy atom. The molecule has 1 unspecified atom stereocenters. The van der Waals surface area contributed by atoms with Gasteiger partial charge in [-0.15, -0.1) is 0 Å². The van der Waals surface area contributed by atoms with Crippen LogP contribution >= 0.6 is 27.3 Å². The van der Waals surface area contributed by atoms with Gasteiger partial charge in [0.15, 0.2) is 0 Å². The average molecular weight is 347 g/mol. The Balaban J connectivity index is 2.24. The molecule has 0 radical (unpaired) electrons. The summed E-state index contributed by atoms with van der Waals surface area (Å²) in [4.78, 5) is 4.62. The van der Waals surface area contributed by atoms with Gasteiger partial charge >= 0.3 is 0 Å². The number of aromatic nitrogens is 1. The lowest BCUT2D eigenvalue weighted by Crippen LogP contribution is -2.18. The highest BCUT2D eigenvalue weighted by molar-refractivity contribution is 9.10. The lowest BCUT2D eigenvalue weighted by molar-refractivity contribution is 0.695. The van der Waals surface area contributed by atoms with Crippen LogP contribution in [0.25, 0.3) is 10.9 Å². The van der Waals surface area contributed by atoms with Gasteiger partial charge in [0.05, 0.1) is 11.6 Å². The van der Waals surface area contributed by atoms with E-state index in [1.165, 1.54) is 16.5 Å². The average Bonchev–Trinajstić information content (AvgIpc) is 2.86. The number of thiophene rings is 1. The van der Waals surface area contributed by atoms with Gasteiger partial charge in [-0.3, -0.25) is 4.98 Å². The summed E-state index contributed by atoms with van der Waals surface area (Å²) in [6.07, 6.45) is 0. The standard InChI is InChI=1S/C16H15BrN2S/c1-10-7-12(11-5-3-4-6-15(11)19-10)16(18-2)13-8-20-9-14(13)17/h3-9,16,18H,1-2H3. The number of benzene rings is 1. The van der Waals surface area contributed by atoms with Gasteiger partial charge in [-0.1, -0.05) is 18.2 Å². The molecule has 0 saturated heterocycles. The molecule has 0 aliphatic heterocycles. The third-order valence-corrected chi connectivity index (χ3v) is 5.18. The minimum atomic E-state index is 0.169. The number of rotatable bonds is 3. The number of nitrogens with zero attached hydrogens (tertiary/aromatic N) is 1. The maximum atomic E-state index is 4.62. The Morgan fingerprint density at radius 3 is 2.70 bits per heavy atom. The van der Waals surface area contributed by atoms with Crippen molar-refractivity contribution in [2.75, 3.05) is 7.05 Å². The predicted octanol–water partition coefficient (Wildman–Crippen LogP) is 4.68. The Kier molecular flexibility index (Phi) is 3.87. The van der Waals surface area contributed by atoms with Crippen molar-refractivity contribution in [1.29, 1.82) is 0 Å². The van der Waals surface area contributed by atoms with E-state index in [1.807, 2.05) is 20.0 Å².